The lowest BCUT2D eigenvalue weighted by atomic mass is 10.1. The van der Waals surface area contributed by atoms with E-state index in [9.17, 15) is 4.79 Å². The molecule has 0 aliphatic rings. The quantitative estimate of drug-likeness (QED) is 0.730. The average Bonchev–Trinajstić information content (AvgIpc) is 2.60. The minimum Gasteiger partial charge on any atom is -0.356 e. The first-order valence-electron chi connectivity index (χ1n) is 4.88. The molecule has 1 aromatic rings. The number of hydrogen-bond acceptors (Lipinski definition) is 2. The summed E-state index contributed by atoms with van der Waals surface area (Å²) in [6.45, 7) is 4.50. The Morgan fingerprint density at radius 3 is 2.80 bits per heavy atom. The first kappa shape index (κ1) is 12.1. The van der Waals surface area contributed by atoms with Crippen molar-refractivity contribution >= 4 is 17.5 Å². The molecule has 0 saturated carbocycles. The van der Waals surface area contributed by atoms with Crippen LogP contribution in [0.3, 0.4) is 0 Å². The Balaban J connectivity index is 2.43. The van der Waals surface area contributed by atoms with E-state index >= 15 is 0 Å². The first-order chi connectivity index (χ1) is 7.00. The van der Waals surface area contributed by atoms with Crippen molar-refractivity contribution in [3.05, 3.63) is 23.0 Å². The van der Waals surface area contributed by atoms with Crippen LogP contribution >= 0.6 is 11.6 Å². The predicted octanol–water partition coefficient (Wildman–Crippen LogP) is 1.38. The fraction of sp³-hybridized carbons (Fsp3) is 0.500. The smallest absolute Gasteiger partial charge is 0.267 e. The average molecular weight is 230 g/mol. The third kappa shape index (κ3) is 3.57. The van der Waals surface area contributed by atoms with Gasteiger partial charge in [-0.2, -0.15) is 0 Å². The number of amides is 1. The monoisotopic (exact) mass is 229 g/mol. The Kier molecular flexibility index (Phi) is 4.17. The van der Waals surface area contributed by atoms with E-state index in [-0.39, 0.29) is 11.9 Å². The molecule has 0 aliphatic heterocycles. The van der Waals surface area contributed by atoms with Gasteiger partial charge in [-0.1, -0.05) is 25.4 Å². The Hall–Kier alpha value is -1.00. The number of nitrogens with two attached hydrogens (primary N) is 1. The van der Waals surface area contributed by atoms with Crippen LogP contribution in [0, 0.1) is 5.92 Å². The van der Waals surface area contributed by atoms with E-state index in [1.54, 1.807) is 12.3 Å². The largest absolute Gasteiger partial charge is 0.356 e. The summed E-state index contributed by atoms with van der Waals surface area (Å²) in [6.07, 6.45) is 1.57. The molecular formula is C10H16ClN3O. The van der Waals surface area contributed by atoms with E-state index in [4.69, 9.17) is 17.3 Å². The lowest BCUT2D eigenvalue weighted by Crippen LogP contribution is -2.40. The number of carbonyl (C=O) groups is 1. The molecule has 0 aliphatic carbocycles. The predicted molar refractivity (Wildman–Crippen MR) is 60.9 cm³/mol. The minimum absolute atomic E-state index is 0.0283. The van der Waals surface area contributed by atoms with Crippen molar-refractivity contribution in [2.45, 2.75) is 19.9 Å². The highest BCUT2D eigenvalue weighted by Gasteiger charge is 2.11. The Morgan fingerprint density at radius 2 is 2.33 bits per heavy atom. The van der Waals surface area contributed by atoms with E-state index in [1.165, 1.54) is 0 Å². The van der Waals surface area contributed by atoms with Crippen LogP contribution in [0.25, 0.3) is 0 Å². The molecule has 4 nitrogen and oxygen atoms in total. The number of nitrogens with one attached hydrogen (secondary N) is 2. The van der Waals surface area contributed by atoms with E-state index < -0.39 is 0 Å². The van der Waals surface area contributed by atoms with Crippen molar-refractivity contribution in [1.29, 1.82) is 0 Å². The second kappa shape index (κ2) is 5.19. The Morgan fingerprint density at radius 1 is 1.67 bits per heavy atom. The number of aromatic amines is 1. The first-order valence-corrected chi connectivity index (χ1v) is 5.26. The van der Waals surface area contributed by atoms with Crippen LogP contribution in [0.15, 0.2) is 12.3 Å². The normalized spacial score (nSPS) is 12.9. The van der Waals surface area contributed by atoms with Gasteiger partial charge in [-0.15, -0.1) is 0 Å². The fourth-order valence-electron chi connectivity index (χ4n) is 1.04. The summed E-state index contributed by atoms with van der Waals surface area (Å²) in [5, 5.41) is 3.26. The van der Waals surface area contributed by atoms with Crippen LogP contribution in [-0.4, -0.2) is 23.5 Å². The SMILES string of the molecule is CC(C)C(N)CNC(=O)c1cc(Cl)c[nH]1. The standard InChI is InChI=1S/C10H16ClN3O/c1-6(2)8(12)5-14-10(15)9-3-7(11)4-13-9/h3-4,6,8,13H,5,12H2,1-2H3,(H,14,15). The molecular weight excluding hydrogens is 214 g/mol. The van der Waals surface area contributed by atoms with Crippen molar-refractivity contribution in [2.75, 3.05) is 6.54 Å². The zero-order chi connectivity index (χ0) is 11.4. The molecule has 0 fully saturated rings. The van der Waals surface area contributed by atoms with Gasteiger partial charge < -0.3 is 16.0 Å². The van der Waals surface area contributed by atoms with Crippen molar-refractivity contribution in [3.63, 3.8) is 0 Å². The minimum atomic E-state index is -0.182. The van der Waals surface area contributed by atoms with Crippen LogP contribution < -0.4 is 11.1 Å². The molecule has 0 spiro atoms. The number of rotatable bonds is 4. The fourth-order valence-corrected chi connectivity index (χ4v) is 1.20. The molecule has 5 heteroatoms. The van der Waals surface area contributed by atoms with Crippen molar-refractivity contribution in [2.24, 2.45) is 11.7 Å². The third-order valence-electron chi connectivity index (χ3n) is 2.25. The van der Waals surface area contributed by atoms with Gasteiger partial charge in [-0.25, -0.2) is 0 Å². The molecule has 0 aromatic carbocycles. The molecule has 1 rings (SSSR count). The molecule has 1 heterocycles. The second-order valence-electron chi connectivity index (χ2n) is 3.85. The lowest BCUT2D eigenvalue weighted by Gasteiger charge is -2.15. The van der Waals surface area contributed by atoms with Gasteiger partial charge in [0, 0.05) is 18.8 Å². The molecule has 1 amide bonds. The van der Waals surface area contributed by atoms with Crippen LogP contribution in [0.4, 0.5) is 0 Å². The van der Waals surface area contributed by atoms with E-state index in [0.29, 0.717) is 23.2 Å². The van der Waals surface area contributed by atoms with Gasteiger partial charge in [0.25, 0.3) is 5.91 Å². The number of aromatic nitrogens is 1. The summed E-state index contributed by atoms with van der Waals surface area (Å²) < 4.78 is 0. The summed E-state index contributed by atoms with van der Waals surface area (Å²) in [4.78, 5) is 14.3. The van der Waals surface area contributed by atoms with Crippen molar-refractivity contribution in [1.82, 2.24) is 10.3 Å². The molecule has 1 atom stereocenters. The Labute approximate surface area is 94.2 Å². The van der Waals surface area contributed by atoms with Gasteiger partial charge in [0.05, 0.1) is 5.02 Å². The zero-order valence-corrected chi connectivity index (χ0v) is 9.64. The maximum absolute atomic E-state index is 11.5. The number of H-pyrrole nitrogens is 1. The van der Waals surface area contributed by atoms with Gasteiger partial charge in [0.1, 0.15) is 5.69 Å². The van der Waals surface area contributed by atoms with E-state index in [1.807, 2.05) is 13.8 Å². The molecule has 1 unspecified atom stereocenters. The van der Waals surface area contributed by atoms with E-state index in [0.717, 1.165) is 0 Å². The molecule has 4 N–H and O–H groups in total. The number of halogens is 1. The Bertz CT molecular complexity index is 335. The maximum atomic E-state index is 11.5. The molecule has 15 heavy (non-hydrogen) atoms. The summed E-state index contributed by atoms with van der Waals surface area (Å²) in [5.74, 6) is 0.163. The summed E-state index contributed by atoms with van der Waals surface area (Å²) in [5.41, 5.74) is 6.25. The second-order valence-corrected chi connectivity index (χ2v) is 4.29. The maximum Gasteiger partial charge on any atom is 0.267 e. The van der Waals surface area contributed by atoms with Gasteiger partial charge in [0.15, 0.2) is 0 Å². The highest BCUT2D eigenvalue weighted by Crippen LogP contribution is 2.09. The summed E-state index contributed by atoms with van der Waals surface area (Å²) >= 11 is 5.68. The molecule has 0 saturated heterocycles. The van der Waals surface area contributed by atoms with Crippen LogP contribution in [0.5, 0.6) is 0 Å². The topological polar surface area (TPSA) is 70.9 Å². The number of carbonyl (C=O) groups excluding carboxylic acids is 1. The van der Waals surface area contributed by atoms with Gasteiger partial charge in [-0.05, 0) is 12.0 Å². The van der Waals surface area contributed by atoms with Crippen molar-refractivity contribution < 1.29 is 4.79 Å². The molecule has 0 radical (unpaired) electrons. The lowest BCUT2D eigenvalue weighted by molar-refractivity contribution is 0.0945. The van der Waals surface area contributed by atoms with Crippen LogP contribution in [-0.2, 0) is 0 Å². The number of hydrogen-bond donors (Lipinski definition) is 3. The zero-order valence-electron chi connectivity index (χ0n) is 8.88. The molecule has 0 bridgehead atoms. The molecule has 1 aromatic heterocycles. The van der Waals surface area contributed by atoms with Crippen LogP contribution in [0.1, 0.15) is 24.3 Å². The van der Waals surface area contributed by atoms with Crippen LogP contribution in [0.2, 0.25) is 5.02 Å². The summed E-state index contributed by atoms with van der Waals surface area (Å²) in [7, 11) is 0. The van der Waals surface area contributed by atoms with E-state index in [2.05, 4.69) is 10.3 Å². The van der Waals surface area contributed by atoms with Gasteiger partial charge in [0.2, 0.25) is 0 Å². The molecule has 84 valence electrons. The summed E-state index contributed by atoms with van der Waals surface area (Å²) in [6, 6.07) is 1.55. The van der Waals surface area contributed by atoms with Gasteiger partial charge in [-0.3, -0.25) is 4.79 Å². The highest BCUT2D eigenvalue weighted by molar-refractivity contribution is 6.30. The highest BCUT2D eigenvalue weighted by atomic mass is 35.5. The van der Waals surface area contributed by atoms with Crippen molar-refractivity contribution in [3.8, 4) is 0 Å². The third-order valence-corrected chi connectivity index (χ3v) is 2.47. The van der Waals surface area contributed by atoms with Gasteiger partial charge >= 0.3 is 0 Å².